The number of amidine groups is 1. The first-order valence-corrected chi connectivity index (χ1v) is 10.1. The minimum atomic E-state index is -0.143. The van der Waals surface area contributed by atoms with Gasteiger partial charge < -0.3 is 9.47 Å². The molecule has 0 aromatic heterocycles. The fraction of sp³-hybridized carbons (Fsp3) is 0.273. The summed E-state index contributed by atoms with van der Waals surface area (Å²) in [4.78, 5) is 19.4. The van der Waals surface area contributed by atoms with Gasteiger partial charge in [-0.25, -0.2) is 4.99 Å². The Bertz CT molecular complexity index is 904. The van der Waals surface area contributed by atoms with Crippen LogP contribution in [0.1, 0.15) is 19.4 Å². The average molecular weight is 397 g/mol. The summed E-state index contributed by atoms with van der Waals surface area (Å²) in [6.45, 7) is 4.29. The Hall–Kier alpha value is -2.73. The third-order valence-corrected chi connectivity index (χ3v) is 5.47. The summed E-state index contributed by atoms with van der Waals surface area (Å²) >= 11 is 1.59. The molecule has 2 aromatic rings. The number of hydrogen-bond acceptors (Lipinski definition) is 5. The van der Waals surface area contributed by atoms with Crippen LogP contribution in [-0.4, -0.2) is 31.0 Å². The van der Waals surface area contributed by atoms with Gasteiger partial charge in [-0.15, -0.1) is 0 Å². The van der Waals surface area contributed by atoms with E-state index in [0.29, 0.717) is 22.5 Å². The van der Waals surface area contributed by atoms with Crippen LogP contribution in [-0.2, 0) is 4.79 Å². The first kappa shape index (κ1) is 20.0. The van der Waals surface area contributed by atoms with E-state index in [1.807, 2.05) is 48.5 Å². The Kier molecular flexibility index (Phi) is 6.41. The lowest BCUT2D eigenvalue weighted by molar-refractivity contribution is -0.113. The molecule has 1 aliphatic rings. The van der Waals surface area contributed by atoms with Crippen LogP contribution >= 0.6 is 11.8 Å². The van der Waals surface area contributed by atoms with E-state index >= 15 is 0 Å². The van der Waals surface area contributed by atoms with Crippen molar-refractivity contribution in [3.63, 3.8) is 0 Å². The lowest BCUT2D eigenvalue weighted by Gasteiger charge is -2.19. The van der Waals surface area contributed by atoms with Gasteiger partial charge >= 0.3 is 0 Å². The minimum absolute atomic E-state index is 0.143. The fourth-order valence-corrected chi connectivity index (χ4v) is 3.63. The highest BCUT2D eigenvalue weighted by atomic mass is 32.2. The van der Waals surface area contributed by atoms with Gasteiger partial charge in [0.15, 0.2) is 5.17 Å². The number of carbonyl (C=O) groups is 1. The second-order valence-electron chi connectivity index (χ2n) is 6.74. The lowest BCUT2D eigenvalue weighted by atomic mass is 10.2. The summed E-state index contributed by atoms with van der Waals surface area (Å²) in [6, 6.07) is 15.0. The molecule has 0 atom stereocenters. The minimum Gasteiger partial charge on any atom is -0.497 e. The second kappa shape index (κ2) is 8.97. The third kappa shape index (κ3) is 4.57. The molecule has 5 nitrogen and oxygen atoms in total. The molecule has 2 aromatic carbocycles. The Morgan fingerprint density at radius 2 is 1.79 bits per heavy atom. The summed E-state index contributed by atoms with van der Waals surface area (Å²) in [7, 11) is 3.24. The van der Waals surface area contributed by atoms with Crippen molar-refractivity contribution < 1.29 is 14.3 Å². The Morgan fingerprint density at radius 1 is 1.07 bits per heavy atom. The van der Waals surface area contributed by atoms with Crippen LogP contribution in [0.25, 0.3) is 6.08 Å². The molecule has 6 heteroatoms. The van der Waals surface area contributed by atoms with E-state index in [2.05, 4.69) is 18.8 Å². The molecule has 0 aliphatic carbocycles. The largest absolute Gasteiger partial charge is 0.497 e. The number of methoxy groups -OCH3 is 2. The first-order chi connectivity index (χ1) is 13.5. The molecule has 0 unspecified atom stereocenters. The topological polar surface area (TPSA) is 51.1 Å². The highest BCUT2D eigenvalue weighted by molar-refractivity contribution is 8.14. The van der Waals surface area contributed by atoms with E-state index in [-0.39, 0.29) is 5.91 Å². The Labute approximate surface area is 170 Å². The zero-order chi connectivity index (χ0) is 20.1. The zero-order valence-corrected chi connectivity index (χ0v) is 17.3. The van der Waals surface area contributed by atoms with Gasteiger partial charge in [0.05, 0.1) is 19.9 Å². The maximum absolute atomic E-state index is 13.2. The monoisotopic (exact) mass is 396 g/mol. The molecule has 1 aliphatic heterocycles. The number of amides is 1. The van der Waals surface area contributed by atoms with Crippen molar-refractivity contribution in [2.45, 2.75) is 13.8 Å². The maximum Gasteiger partial charge on any atom is 0.283 e. The van der Waals surface area contributed by atoms with Gasteiger partial charge in [-0.2, -0.15) is 0 Å². The van der Waals surface area contributed by atoms with Crippen molar-refractivity contribution in [1.29, 1.82) is 0 Å². The van der Waals surface area contributed by atoms with Crippen molar-refractivity contribution in [2.24, 2.45) is 10.9 Å². The molecule has 146 valence electrons. The van der Waals surface area contributed by atoms with Crippen molar-refractivity contribution in [1.82, 2.24) is 0 Å². The summed E-state index contributed by atoms with van der Waals surface area (Å²) in [6.07, 6.45) is 1.80. The van der Waals surface area contributed by atoms with Crippen LogP contribution in [0.15, 0.2) is 59.2 Å². The summed E-state index contributed by atoms with van der Waals surface area (Å²) in [5.41, 5.74) is 2.06. The molecular formula is C22H24N2O3S. The Morgan fingerprint density at radius 3 is 2.43 bits per heavy atom. The highest BCUT2D eigenvalue weighted by Crippen LogP contribution is 2.32. The maximum atomic E-state index is 13.2. The van der Waals surface area contributed by atoms with E-state index in [9.17, 15) is 4.79 Å². The van der Waals surface area contributed by atoms with Crippen molar-refractivity contribution in [2.75, 3.05) is 24.9 Å². The van der Waals surface area contributed by atoms with E-state index in [4.69, 9.17) is 9.47 Å². The van der Waals surface area contributed by atoms with Crippen LogP contribution in [0.2, 0.25) is 0 Å². The quantitative estimate of drug-likeness (QED) is 0.656. The molecule has 0 radical (unpaired) electrons. The molecule has 1 heterocycles. The number of rotatable bonds is 6. The summed E-state index contributed by atoms with van der Waals surface area (Å²) < 4.78 is 10.5. The SMILES string of the molecule is COc1ccc(/C=C2\N=C(SCC(C)C)N(c3cccc(OC)c3)C2=O)cc1. The zero-order valence-electron chi connectivity index (χ0n) is 16.5. The van der Waals surface area contributed by atoms with Crippen molar-refractivity contribution >= 4 is 34.6 Å². The molecule has 0 N–H and O–H groups in total. The van der Waals surface area contributed by atoms with E-state index < -0.39 is 0 Å². The number of aliphatic imine (C=N–C) groups is 1. The van der Waals surface area contributed by atoms with E-state index in [0.717, 1.165) is 22.8 Å². The van der Waals surface area contributed by atoms with Crippen molar-refractivity contribution in [3.05, 3.63) is 59.8 Å². The van der Waals surface area contributed by atoms with Gasteiger partial charge in [-0.3, -0.25) is 9.69 Å². The van der Waals surface area contributed by atoms with Gasteiger partial charge in [-0.05, 0) is 41.8 Å². The summed E-state index contributed by atoms with van der Waals surface area (Å²) in [5.74, 6) is 2.70. The van der Waals surface area contributed by atoms with Crippen LogP contribution in [0, 0.1) is 5.92 Å². The Balaban J connectivity index is 1.95. The smallest absolute Gasteiger partial charge is 0.283 e. The summed E-state index contributed by atoms with van der Waals surface area (Å²) in [5, 5.41) is 0.687. The fourth-order valence-electron chi connectivity index (χ4n) is 2.67. The van der Waals surface area contributed by atoms with Crippen LogP contribution in [0.4, 0.5) is 5.69 Å². The van der Waals surface area contributed by atoms with Gasteiger partial charge in [0.2, 0.25) is 0 Å². The number of anilines is 1. The number of ether oxygens (including phenoxy) is 2. The molecule has 0 spiro atoms. The molecule has 0 saturated carbocycles. The standard InChI is InChI=1S/C22H24N2O3S/c1-15(2)14-28-22-23-20(12-16-8-10-18(26-3)11-9-16)21(25)24(22)17-6-5-7-19(13-17)27-4/h5-13,15H,14H2,1-4H3/b20-12-. The third-order valence-electron chi connectivity index (χ3n) is 4.11. The van der Waals surface area contributed by atoms with Gasteiger partial charge in [0.1, 0.15) is 17.2 Å². The van der Waals surface area contributed by atoms with E-state index in [1.165, 1.54) is 0 Å². The van der Waals surface area contributed by atoms with Crippen molar-refractivity contribution in [3.8, 4) is 11.5 Å². The molecular weight excluding hydrogens is 372 g/mol. The van der Waals surface area contributed by atoms with Crippen LogP contribution < -0.4 is 14.4 Å². The van der Waals surface area contributed by atoms with Gasteiger partial charge in [0, 0.05) is 11.8 Å². The number of thioether (sulfide) groups is 1. The predicted molar refractivity (Wildman–Crippen MR) is 116 cm³/mol. The molecule has 0 saturated heterocycles. The molecule has 3 rings (SSSR count). The van der Waals surface area contributed by atoms with Gasteiger partial charge in [-0.1, -0.05) is 43.8 Å². The van der Waals surface area contributed by atoms with Crippen LogP contribution in [0.3, 0.4) is 0 Å². The second-order valence-corrected chi connectivity index (χ2v) is 7.73. The lowest BCUT2D eigenvalue weighted by Crippen LogP contribution is -2.30. The molecule has 0 fully saturated rings. The molecule has 0 bridgehead atoms. The average Bonchev–Trinajstić information content (AvgIpc) is 3.02. The first-order valence-electron chi connectivity index (χ1n) is 9.07. The number of benzene rings is 2. The predicted octanol–water partition coefficient (Wildman–Crippen LogP) is 4.84. The number of nitrogens with zero attached hydrogens (tertiary/aromatic N) is 2. The number of hydrogen-bond donors (Lipinski definition) is 0. The highest BCUT2D eigenvalue weighted by Gasteiger charge is 2.32. The van der Waals surface area contributed by atoms with E-state index in [1.54, 1.807) is 37.0 Å². The number of carbonyl (C=O) groups excluding carboxylic acids is 1. The normalized spacial score (nSPS) is 15.3. The molecule has 1 amide bonds. The van der Waals surface area contributed by atoms with Gasteiger partial charge in [0.25, 0.3) is 5.91 Å². The van der Waals surface area contributed by atoms with Crippen LogP contribution in [0.5, 0.6) is 11.5 Å². The molecule has 28 heavy (non-hydrogen) atoms.